The van der Waals surface area contributed by atoms with Crippen molar-refractivity contribution in [3.8, 4) is 11.5 Å². The van der Waals surface area contributed by atoms with Crippen LogP contribution in [-0.4, -0.2) is 28.4 Å². The van der Waals surface area contributed by atoms with Crippen LogP contribution in [0.15, 0.2) is 53.4 Å². The van der Waals surface area contributed by atoms with E-state index in [0.717, 1.165) is 0 Å². The lowest BCUT2D eigenvalue weighted by Crippen LogP contribution is -2.14. The lowest BCUT2D eigenvalue weighted by atomic mass is 10.1. The maximum atomic E-state index is 12.1. The molecule has 0 unspecified atom stereocenters. The molecule has 0 fully saturated rings. The summed E-state index contributed by atoms with van der Waals surface area (Å²) < 4.78 is 33.8. The summed E-state index contributed by atoms with van der Waals surface area (Å²) in [6.07, 6.45) is 2.67. The van der Waals surface area contributed by atoms with Crippen molar-refractivity contribution in [2.45, 2.75) is 4.90 Å². The fourth-order valence-corrected chi connectivity index (χ4v) is 2.84. The number of hydrogen-bond acceptors (Lipinski definition) is 5. The Labute approximate surface area is 140 Å². The number of carbonyl (C=O) groups is 1. The van der Waals surface area contributed by atoms with Crippen LogP contribution in [0, 0.1) is 0 Å². The van der Waals surface area contributed by atoms with Gasteiger partial charge in [0.2, 0.25) is 10.0 Å². The quantitative estimate of drug-likeness (QED) is 0.639. The molecule has 0 saturated carbocycles. The third-order valence-corrected chi connectivity index (χ3v) is 4.26. The van der Waals surface area contributed by atoms with E-state index in [0.29, 0.717) is 11.3 Å². The number of hydrogen-bond donors (Lipinski definition) is 1. The van der Waals surface area contributed by atoms with Crippen LogP contribution in [0.25, 0.3) is 6.08 Å². The van der Waals surface area contributed by atoms with Crippen molar-refractivity contribution in [3.05, 3.63) is 59.7 Å². The fourth-order valence-electron chi connectivity index (χ4n) is 2.12. The van der Waals surface area contributed by atoms with Crippen molar-refractivity contribution < 1.29 is 22.7 Å². The first-order valence-corrected chi connectivity index (χ1v) is 8.47. The summed E-state index contributed by atoms with van der Waals surface area (Å²) in [5.41, 5.74) is 0.728. The van der Waals surface area contributed by atoms with Gasteiger partial charge in [0.1, 0.15) is 0 Å². The minimum absolute atomic E-state index is 0.155. The Bertz CT molecular complexity index is 873. The largest absolute Gasteiger partial charge is 0.493 e. The fraction of sp³-hybridized carbons (Fsp3) is 0.118. The molecule has 2 N–H and O–H groups in total. The van der Waals surface area contributed by atoms with E-state index in [1.807, 2.05) is 0 Å². The van der Waals surface area contributed by atoms with Gasteiger partial charge in [-0.15, -0.1) is 0 Å². The predicted octanol–water partition coefficient (Wildman–Crippen LogP) is 2.25. The lowest BCUT2D eigenvalue weighted by Gasteiger charge is -2.11. The van der Waals surface area contributed by atoms with Gasteiger partial charge in [-0.1, -0.05) is 30.3 Å². The van der Waals surface area contributed by atoms with Gasteiger partial charge in [-0.2, -0.15) is 0 Å². The van der Waals surface area contributed by atoms with Gasteiger partial charge in [-0.05, 0) is 23.8 Å². The third-order valence-electron chi connectivity index (χ3n) is 3.30. The molecular weight excluding hydrogens is 330 g/mol. The molecule has 2 rings (SSSR count). The van der Waals surface area contributed by atoms with Crippen LogP contribution in [0.4, 0.5) is 0 Å². The van der Waals surface area contributed by atoms with Crippen LogP contribution in [-0.2, 0) is 10.0 Å². The number of rotatable bonds is 6. The van der Waals surface area contributed by atoms with Crippen LogP contribution < -0.4 is 14.6 Å². The number of ether oxygens (including phenoxy) is 2. The van der Waals surface area contributed by atoms with Gasteiger partial charge in [0, 0.05) is 11.6 Å². The normalized spacial score (nSPS) is 11.5. The zero-order chi connectivity index (χ0) is 17.7. The molecule has 6 nitrogen and oxygen atoms in total. The minimum atomic E-state index is -4.00. The Balaban J connectivity index is 2.48. The predicted molar refractivity (Wildman–Crippen MR) is 90.7 cm³/mol. The van der Waals surface area contributed by atoms with E-state index in [2.05, 4.69) is 0 Å². The zero-order valence-electron chi connectivity index (χ0n) is 13.2. The van der Waals surface area contributed by atoms with Crippen molar-refractivity contribution in [2.75, 3.05) is 14.2 Å². The number of sulfonamides is 1. The van der Waals surface area contributed by atoms with Gasteiger partial charge in [0.05, 0.1) is 19.1 Å². The van der Waals surface area contributed by atoms with E-state index in [-0.39, 0.29) is 22.0 Å². The lowest BCUT2D eigenvalue weighted by molar-refractivity contribution is 0.104. The van der Waals surface area contributed by atoms with Crippen LogP contribution >= 0.6 is 0 Å². The number of nitrogens with two attached hydrogens (primary N) is 1. The molecule has 0 aliphatic heterocycles. The van der Waals surface area contributed by atoms with Crippen molar-refractivity contribution in [1.29, 1.82) is 0 Å². The first-order valence-electron chi connectivity index (χ1n) is 6.93. The van der Waals surface area contributed by atoms with E-state index >= 15 is 0 Å². The molecule has 0 spiro atoms. The topological polar surface area (TPSA) is 95.7 Å². The smallest absolute Gasteiger partial charge is 0.238 e. The second kappa shape index (κ2) is 7.29. The summed E-state index contributed by atoms with van der Waals surface area (Å²) in [6, 6.07) is 11.3. The Morgan fingerprint density at radius 2 is 1.62 bits per heavy atom. The van der Waals surface area contributed by atoms with Gasteiger partial charge in [0.15, 0.2) is 17.3 Å². The SMILES string of the molecule is COc1cc(/C=C/C(=O)c2ccccc2)c(S(N)(=O)=O)cc1OC. The summed E-state index contributed by atoms with van der Waals surface area (Å²) in [5, 5.41) is 5.25. The molecule has 0 heterocycles. The summed E-state index contributed by atoms with van der Waals surface area (Å²) in [6.45, 7) is 0. The van der Waals surface area contributed by atoms with Gasteiger partial charge >= 0.3 is 0 Å². The van der Waals surface area contributed by atoms with Gasteiger partial charge in [-0.25, -0.2) is 13.6 Å². The first-order chi connectivity index (χ1) is 11.4. The van der Waals surface area contributed by atoms with E-state index < -0.39 is 10.0 Å². The molecule has 0 aliphatic rings. The highest BCUT2D eigenvalue weighted by molar-refractivity contribution is 7.89. The highest BCUT2D eigenvalue weighted by atomic mass is 32.2. The van der Waals surface area contributed by atoms with E-state index in [1.54, 1.807) is 30.3 Å². The first kappa shape index (κ1) is 17.7. The van der Waals surface area contributed by atoms with Crippen LogP contribution in [0.1, 0.15) is 15.9 Å². The highest BCUT2D eigenvalue weighted by Crippen LogP contribution is 2.33. The van der Waals surface area contributed by atoms with Gasteiger partial charge in [0.25, 0.3) is 0 Å². The number of allylic oxidation sites excluding steroid dienone is 1. The summed E-state index contributed by atoms with van der Waals surface area (Å²) in [7, 11) is -1.19. The van der Waals surface area contributed by atoms with Crippen molar-refractivity contribution in [1.82, 2.24) is 0 Å². The maximum absolute atomic E-state index is 12.1. The van der Waals surface area contributed by atoms with Crippen LogP contribution in [0.5, 0.6) is 11.5 Å². The molecule has 0 aliphatic carbocycles. The number of methoxy groups -OCH3 is 2. The number of benzene rings is 2. The zero-order valence-corrected chi connectivity index (χ0v) is 14.0. The molecule has 0 amide bonds. The Hall–Kier alpha value is -2.64. The van der Waals surface area contributed by atoms with Gasteiger partial charge in [-0.3, -0.25) is 4.79 Å². The molecule has 0 aromatic heterocycles. The molecule has 126 valence electrons. The molecule has 0 saturated heterocycles. The van der Waals surface area contributed by atoms with Gasteiger partial charge < -0.3 is 9.47 Å². The van der Waals surface area contributed by atoms with Crippen molar-refractivity contribution >= 4 is 21.9 Å². The second-order valence-electron chi connectivity index (χ2n) is 4.85. The molecule has 24 heavy (non-hydrogen) atoms. The number of primary sulfonamides is 1. The molecule has 0 radical (unpaired) electrons. The Kier molecular flexibility index (Phi) is 5.38. The molecule has 0 atom stereocenters. The molecule has 0 bridgehead atoms. The second-order valence-corrected chi connectivity index (χ2v) is 6.38. The summed E-state index contributed by atoms with van der Waals surface area (Å²) in [5.74, 6) is 0.301. The Morgan fingerprint density at radius 3 is 2.17 bits per heavy atom. The van der Waals surface area contributed by atoms with E-state index in [4.69, 9.17) is 14.6 Å². The number of carbonyl (C=O) groups excluding carboxylic acids is 1. The molecule has 7 heteroatoms. The highest BCUT2D eigenvalue weighted by Gasteiger charge is 2.18. The van der Waals surface area contributed by atoms with Crippen LogP contribution in [0.2, 0.25) is 0 Å². The number of ketones is 1. The Morgan fingerprint density at radius 1 is 1.04 bits per heavy atom. The molecule has 2 aromatic rings. The summed E-state index contributed by atoms with van der Waals surface area (Å²) >= 11 is 0. The molecule has 2 aromatic carbocycles. The minimum Gasteiger partial charge on any atom is -0.493 e. The van der Waals surface area contributed by atoms with E-state index in [9.17, 15) is 13.2 Å². The average Bonchev–Trinajstić information content (AvgIpc) is 2.58. The van der Waals surface area contributed by atoms with Crippen molar-refractivity contribution in [3.63, 3.8) is 0 Å². The van der Waals surface area contributed by atoms with Crippen molar-refractivity contribution in [2.24, 2.45) is 5.14 Å². The average molecular weight is 347 g/mol. The van der Waals surface area contributed by atoms with Crippen LogP contribution in [0.3, 0.4) is 0 Å². The monoisotopic (exact) mass is 347 g/mol. The maximum Gasteiger partial charge on any atom is 0.238 e. The van der Waals surface area contributed by atoms with E-state index in [1.165, 1.54) is 38.5 Å². The standard InChI is InChI=1S/C17H17NO5S/c1-22-15-10-13(17(24(18,20)21)11-16(15)23-2)8-9-14(19)12-6-4-3-5-7-12/h3-11H,1-2H3,(H2,18,20,21)/b9-8+. The molecular formula is C17H17NO5S. The summed E-state index contributed by atoms with van der Waals surface area (Å²) in [4.78, 5) is 12.0. The third kappa shape index (κ3) is 4.01.